The van der Waals surface area contributed by atoms with E-state index in [2.05, 4.69) is 9.97 Å². The van der Waals surface area contributed by atoms with Gasteiger partial charge in [0.1, 0.15) is 24.1 Å². The summed E-state index contributed by atoms with van der Waals surface area (Å²) >= 11 is 5.78. The van der Waals surface area contributed by atoms with Crippen LogP contribution in [-0.2, 0) is 6.61 Å². The average Bonchev–Trinajstić information content (AvgIpc) is 2.60. The maximum absolute atomic E-state index is 13.8. The summed E-state index contributed by atoms with van der Waals surface area (Å²) in [6.45, 7) is -0.294. The highest BCUT2D eigenvalue weighted by atomic mass is 35.5. The monoisotopic (exact) mass is 362 g/mol. The van der Waals surface area contributed by atoms with Crippen LogP contribution in [0.3, 0.4) is 0 Å². The van der Waals surface area contributed by atoms with Gasteiger partial charge in [0.05, 0.1) is 5.02 Å². The number of nitrogens with two attached hydrogens (primary N) is 2. The molecular formula is C17H13ClF2N4O. The van der Waals surface area contributed by atoms with E-state index in [9.17, 15) is 8.78 Å². The van der Waals surface area contributed by atoms with Gasteiger partial charge in [-0.15, -0.1) is 0 Å². The summed E-state index contributed by atoms with van der Waals surface area (Å²) in [6.07, 6.45) is 3.13. The number of hydrogen-bond donors (Lipinski definition) is 2. The molecule has 8 heteroatoms. The summed E-state index contributed by atoms with van der Waals surface area (Å²) in [5.74, 6) is -0.680. The Morgan fingerprint density at radius 3 is 2.40 bits per heavy atom. The highest BCUT2D eigenvalue weighted by Gasteiger charge is 2.14. The summed E-state index contributed by atoms with van der Waals surface area (Å²) in [6, 6.07) is 6.97. The Hall–Kier alpha value is -2.93. The zero-order chi connectivity index (χ0) is 18.0. The molecule has 5 nitrogen and oxygen atoms in total. The zero-order valence-electron chi connectivity index (χ0n) is 12.8. The van der Waals surface area contributed by atoms with E-state index < -0.39 is 11.6 Å². The van der Waals surface area contributed by atoms with Crippen molar-refractivity contribution < 1.29 is 13.5 Å². The van der Waals surface area contributed by atoms with Gasteiger partial charge in [0, 0.05) is 29.1 Å². The van der Waals surface area contributed by atoms with Crippen LogP contribution in [0.4, 0.5) is 20.4 Å². The van der Waals surface area contributed by atoms with Crippen molar-refractivity contribution >= 4 is 23.2 Å². The maximum atomic E-state index is 13.8. The molecule has 2 heterocycles. The standard InChI is InChI=1S/C17H13ClF2N4O/c18-16-11(12(19)2-3-13(16)20)8-25-14-5-10(7-24-17(14)22)9-1-4-15(21)23-6-9/h1-7H,8H2,(H2,21,23)(H2,22,24). The highest BCUT2D eigenvalue weighted by molar-refractivity contribution is 6.31. The van der Waals surface area contributed by atoms with Gasteiger partial charge in [0.15, 0.2) is 11.6 Å². The molecule has 0 saturated carbocycles. The Kier molecular flexibility index (Phi) is 4.67. The molecular weight excluding hydrogens is 350 g/mol. The third-order valence-electron chi connectivity index (χ3n) is 3.51. The third-order valence-corrected chi connectivity index (χ3v) is 3.92. The second-order valence-electron chi connectivity index (χ2n) is 5.19. The second-order valence-corrected chi connectivity index (χ2v) is 5.57. The van der Waals surface area contributed by atoms with Gasteiger partial charge in [0.2, 0.25) is 0 Å². The van der Waals surface area contributed by atoms with E-state index in [-0.39, 0.29) is 28.8 Å². The van der Waals surface area contributed by atoms with Gasteiger partial charge in [-0.2, -0.15) is 0 Å². The first-order valence-electron chi connectivity index (χ1n) is 7.18. The van der Waals surface area contributed by atoms with Crippen LogP contribution >= 0.6 is 11.6 Å². The van der Waals surface area contributed by atoms with Crippen molar-refractivity contribution in [3.05, 3.63) is 64.9 Å². The number of benzene rings is 1. The number of halogens is 3. The minimum Gasteiger partial charge on any atom is -0.485 e. The van der Waals surface area contributed by atoms with Gasteiger partial charge in [-0.1, -0.05) is 11.6 Å². The van der Waals surface area contributed by atoms with Crippen molar-refractivity contribution in [2.24, 2.45) is 0 Å². The molecule has 25 heavy (non-hydrogen) atoms. The molecule has 1 aromatic carbocycles. The molecule has 2 aromatic heterocycles. The van der Waals surface area contributed by atoms with E-state index >= 15 is 0 Å². The molecule has 0 atom stereocenters. The van der Waals surface area contributed by atoms with E-state index in [1.165, 1.54) is 0 Å². The molecule has 0 unspecified atom stereocenters. The Morgan fingerprint density at radius 1 is 0.960 bits per heavy atom. The molecule has 0 aliphatic rings. The number of ether oxygens (including phenoxy) is 1. The summed E-state index contributed by atoms with van der Waals surface area (Å²) < 4.78 is 32.8. The lowest BCUT2D eigenvalue weighted by Crippen LogP contribution is -2.04. The number of anilines is 2. The van der Waals surface area contributed by atoms with E-state index in [0.717, 1.165) is 17.7 Å². The zero-order valence-corrected chi connectivity index (χ0v) is 13.6. The second kappa shape index (κ2) is 6.90. The smallest absolute Gasteiger partial charge is 0.166 e. The number of nitrogen functional groups attached to an aromatic ring is 2. The number of rotatable bonds is 4. The fourth-order valence-electron chi connectivity index (χ4n) is 2.16. The minimum atomic E-state index is -0.727. The number of nitrogens with zero attached hydrogens (tertiary/aromatic N) is 2. The first-order valence-corrected chi connectivity index (χ1v) is 7.56. The van der Waals surface area contributed by atoms with E-state index in [1.807, 2.05) is 0 Å². The van der Waals surface area contributed by atoms with Gasteiger partial charge >= 0.3 is 0 Å². The van der Waals surface area contributed by atoms with Crippen LogP contribution < -0.4 is 16.2 Å². The van der Waals surface area contributed by atoms with E-state index in [0.29, 0.717) is 11.4 Å². The fraction of sp³-hybridized carbons (Fsp3) is 0.0588. The SMILES string of the molecule is Nc1ccc(-c2cnc(N)c(OCc3c(F)ccc(F)c3Cl)c2)cn1. The summed E-state index contributed by atoms with van der Waals surface area (Å²) in [5.41, 5.74) is 12.7. The molecule has 4 N–H and O–H groups in total. The van der Waals surface area contributed by atoms with Crippen molar-refractivity contribution in [2.45, 2.75) is 6.61 Å². The van der Waals surface area contributed by atoms with Crippen LogP contribution in [0.25, 0.3) is 11.1 Å². The van der Waals surface area contributed by atoms with Crippen LogP contribution in [0.2, 0.25) is 5.02 Å². The van der Waals surface area contributed by atoms with Crippen LogP contribution in [0.15, 0.2) is 42.7 Å². The topological polar surface area (TPSA) is 87.0 Å². The number of hydrogen-bond acceptors (Lipinski definition) is 5. The normalized spacial score (nSPS) is 10.7. The maximum Gasteiger partial charge on any atom is 0.166 e. The molecule has 0 radical (unpaired) electrons. The summed E-state index contributed by atoms with van der Waals surface area (Å²) in [7, 11) is 0. The molecule has 0 fully saturated rings. The van der Waals surface area contributed by atoms with Crippen molar-refractivity contribution in [1.82, 2.24) is 9.97 Å². The molecule has 3 rings (SSSR count). The lowest BCUT2D eigenvalue weighted by Gasteiger charge is -2.12. The summed E-state index contributed by atoms with van der Waals surface area (Å²) in [4.78, 5) is 8.05. The Labute approximate surface area is 147 Å². The quantitative estimate of drug-likeness (QED) is 0.689. The third kappa shape index (κ3) is 3.61. The van der Waals surface area contributed by atoms with Crippen LogP contribution in [-0.4, -0.2) is 9.97 Å². The Bertz CT molecular complexity index is 919. The number of aromatic nitrogens is 2. The first kappa shape index (κ1) is 16.9. The van der Waals surface area contributed by atoms with Crippen LogP contribution in [0, 0.1) is 11.6 Å². The molecule has 0 spiro atoms. The number of pyridine rings is 2. The molecule has 3 aromatic rings. The predicted octanol–water partition coefficient (Wildman–Crippen LogP) is 3.82. The van der Waals surface area contributed by atoms with Gasteiger partial charge < -0.3 is 16.2 Å². The molecule has 0 amide bonds. The largest absolute Gasteiger partial charge is 0.485 e. The summed E-state index contributed by atoms with van der Waals surface area (Å²) in [5, 5.41) is -0.328. The van der Waals surface area contributed by atoms with Crippen LogP contribution in [0.5, 0.6) is 5.75 Å². The fourth-order valence-corrected chi connectivity index (χ4v) is 2.36. The molecule has 128 valence electrons. The van der Waals surface area contributed by atoms with Gasteiger partial charge in [-0.25, -0.2) is 18.7 Å². The lowest BCUT2D eigenvalue weighted by molar-refractivity contribution is 0.300. The van der Waals surface area contributed by atoms with Crippen molar-refractivity contribution in [2.75, 3.05) is 11.5 Å². The van der Waals surface area contributed by atoms with E-state index in [4.69, 9.17) is 27.8 Å². The van der Waals surface area contributed by atoms with Crippen molar-refractivity contribution in [3.8, 4) is 16.9 Å². The predicted molar refractivity (Wildman–Crippen MR) is 92.0 cm³/mol. The molecule has 0 aliphatic carbocycles. The molecule has 0 aliphatic heterocycles. The lowest BCUT2D eigenvalue weighted by atomic mass is 10.1. The highest BCUT2D eigenvalue weighted by Crippen LogP contribution is 2.29. The van der Waals surface area contributed by atoms with Gasteiger partial charge in [0.25, 0.3) is 0 Å². The average molecular weight is 363 g/mol. The molecule has 0 saturated heterocycles. The van der Waals surface area contributed by atoms with Gasteiger partial charge in [-0.05, 0) is 30.3 Å². The van der Waals surface area contributed by atoms with Crippen LogP contribution in [0.1, 0.15) is 5.56 Å². The van der Waals surface area contributed by atoms with E-state index in [1.54, 1.807) is 30.6 Å². The molecule has 0 bridgehead atoms. The van der Waals surface area contributed by atoms with Crippen molar-refractivity contribution in [1.29, 1.82) is 0 Å². The van der Waals surface area contributed by atoms with Gasteiger partial charge in [-0.3, -0.25) is 0 Å². The van der Waals surface area contributed by atoms with Crippen molar-refractivity contribution in [3.63, 3.8) is 0 Å². The minimum absolute atomic E-state index is 0.0966. The Balaban J connectivity index is 1.87. The Morgan fingerprint density at radius 2 is 1.68 bits per heavy atom. The first-order chi connectivity index (χ1) is 12.0.